The second-order valence-corrected chi connectivity index (χ2v) is 6.03. The summed E-state index contributed by atoms with van der Waals surface area (Å²) in [4.78, 5) is 20.6. The minimum Gasteiger partial charge on any atom is -0.339 e. The zero-order chi connectivity index (χ0) is 14.8. The lowest BCUT2D eigenvalue weighted by Crippen LogP contribution is -2.41. The van der Waals surface area contributed by atoms with Crippen molar-refractivity contribution in [3.63, 3.8) is 0 Å². The second kappa shape index (κ2) is 5.88. The van der Waals surface area contributed by atoms with Crippen LogP contribution in [0.5, 0.6) is 0 Å². The topological polar surface area (TPSA) is 80.9 Å². The van der Waals surface area contributed by atoms with Gasteiger partial charge in [0.1, 0.15) is 4.88 Å². The van der Waals surface area contributed by atoms with Crippen LogP contribution in [0.3, 0.4) is 0 Å². The fraction of sp³-hybridized carbons (Fsp3) is 0.500. The summed E-state index contributed by atoms with van der Waals surface area (Å²) in [6.07, 6.45) is 1.64. The first-order valence-electron chi connectivity index (χ1n) is 6.18. The number of halogens is 1. The number of aromatic nitrogens is 3. The van der Waals surface area contributed by atoms with E-state index in [1.165, 1.54) is 16.8 Å². The van der Waals surface area contributed by atoms with Crippen LogP contribution in [0, 0.1) is 0 Å². The highest BCUT2D eigenvalue weighted by Crippen LogP contribution is 2.22. The molecule has 108 valence electrons. The van der Waals surface area contributed by atoms with Gasteiger partial charge in [-0.15, -0.1) is 11.3 Å². The van der Waals surface area contributed by atoms with Crippen molar-refractivity contribution < 1.29 is 9.32 Å². The number of hydrogen-bond acceptors (Lipinski definition) is 6. The molecule has 6 nitrogen and oxygen atoms in total. The van der Waals surface area contributed by atoms with Crippen LogP contribution in [0.1, 0.15) is 48.6 Å². The number of amides is 1. The monoisotopic (exact) mass is 314 g/mol. The average Bonchev–Trinajstić information content (AvgIpc) is 2.98. The summed E-state index contributed by atoms with van der Waals surface area (Å²) in [6, 6.07) is 0. The fourth-order valence-corrected chi connectivity index (χ4v) is 2.50. The summed E-state index contributed by atoms with van der Waals surface area (Å²) in [7, 11) is 0. The van der Waals surface area contributed by atoms with Crippen molar-refractivity contribution in [2.24, 2.45) is 0 Å². The minimum atomic E-state index is -0.750. The molecule has 0 saturated carbocycles. The molecular weight excluding hydrogens is 300 g/mol. The molecule has 1 N–H and O–H groups in total. The summed E-state index contributed by atoms with van der Waals surface area (Å²) in [6.45, 7) is 5.64. The first-order valence-corrected chi connectivity index (χ1v) is 7.44. The summed E-state index contributed by atoms with van der Waals surface area (Å²) in [5.74, 6) is 0.708. The van der Waals surface area contributed by atoms with Crippen molar-refractivity contribution in [2.75, 3.05) is 0 Å². The van der Waals surface area contributed by atoms with E-state index in [0.717, 1.165) is 12.8 Å². The normalized spacial score (nSPS) is 11.6. The maximum Gasteiger partial charge on any atom is 0.265 e. The van der Waals surface area contributed by atoms with Crippen LogP contribution in [-0.2, 0) is 12.0 Å². The molecule has 2 rings (SSSR count). The first kappa shape index (κ1) is 14.9. The maximum atomic E-state index is 12.1. The smallest absolute Gasteiger partial charge is 0.265 e. The number of rotatable bonds is 5. The Labute approximate surface area is 125 Å². The van der Waals surface area contributed by atoms with Crippen LogP contribution in [0.15, 0.2) is 10.0 Å². The van der Waals surface area contributed by atoms with Crippen LogP contribution in [0.25, 0.3) is 0 Å². The molecule has 0 radical (unpaired) electrons. The van der Waals surface area contributed by atoms with Gasteiger partial charge in [0.25, 0.3) is 5.91 Å². The number of carbonyl (C=O) groups is 1. The molecule has 0 aliphatic rings. The van der Waals surface area contributed by atoms with Crippen LogP contribution < -0.4 is 5.32 Å². The van der Waals surface area contributed by atoms with Crippen molar-refractivity contribution in [3.05, 3.63) is 27.3 Å². The molecule has 0 aliphatic carbocycles. The van der Waals surface area contributed by atoms with E-state index in [9.17, 15) is 4.79 Å². The Balaban J connectivity index is 2.13. The lowest BCUT2D eigenvalue weighted by Gasteiger charge is -2.21. The number of thiazole rings is 1. The van der Waals surface area contributed by atoms with Gasteiger partial charge in [-0.3, -0.25) is 4.79 Å². The van der Waals surface area contributed by atoms with Gasteiger partial charge in [0, 0.05) is 6.42 Å². The fourth-order valence-electron chi connectivity index (χ4n) is 1.60. The zero-order valence-corrected chi connectivity index (χ0v) is 13.0. The molecule has 2 aromatic heterocycles. The molecule has 0 atom stereocenters. The number of hydrogen-bond donors (Lipinski definition) is 1. The van der Waals surface area contributed by atoms with Crippen molar-refractivity contribution in [3.8, 4) is 0 Å². The van der Waals surface area contributed by atoms with Gasteiger partial charge in [-0.05, 0) is 20.3 Å². The molecule has 0 bridgehead atoms. The summed E-state index contributed by atoms with van der Waals surface area (Å²) in [5, 5.41) is 6.95. The van der Waals surface area contributed by atoms with Crippen LogP contribution in [0.4, 0.5) is 0 Å². The molecular formula is C12H15ClN4O2S. The SMILES string of the molecule is CCCc1nc(C(C)(C)NC(=O)c2scnc2Cl)no1. The number of nitrogens with one attached hydrogen (secondary N) is 1. The first-order chi connectivity index (χ1) is 9.44. The zero-order valence-electron chi connectivity index (χ0n) is 11.4. The van der Waals surface area contributed by atoms with Gasteiger partial charge >= 0.3 is 0 Å². The van der Waals surface area contributed by atoms with E-state index in [4.69, 9.17) is 16.1 Å². The highest BCUT2D eigenvalue weighted by atomic mass is 35.5. The van der Waals surface area contributed by atoms with Crippen LogP contribution in [-0.4, -0.2) is 21.0 Å². The molecule has 0 fully saturated rings. The molecule has 20 heavy (non-hydrogen) atoms. The third kappa shape index (κ3) is 3.16. The largest absolute Gasteiger partial charge is 0.339 e. The molecule has 0 aliphatic heterocycles. The van der Waals surface area contributed by atoms with Gasteiger partial charge in [-0.25, -0.2) is 4.98 Å². The number of nitrogens with zero attached hydrogens (tertiary/aromatic N) is 3. The van der Waals surface area contributed by atoms with Crippen LogP contribution in [0.2, 0.25) is 5.15 Å². The summed E-state index contributed by atoms with van der Waals surface area (Å²) >= 11 is 7.03. The predicted octanol–water partition coefficient (Wildman–Crippen LogP) is 2.80. The lowest BCUT2D eigenvalue weighted by atomic mass is 10.0. The highest BCUT2D eigenvalue weighted by Gasteiger charge is 2.30. The van der Waals surface area contributed by atoms with E-state index in [2.05, 4.69) is 20.4 Å². The van der Waals surface area contributed by atoms with Gasteiger partial charge in [-0.1, -0.05) is 23.7 Å². The van der Waals surface area contributed by atoms with Gasteiger partial charge in [0.15, 0.2) is 11.0 Å². The van der Waals surface area contributed by atoms with E-state index >= 15 is 0 Å². The van der Waals surface area contributed by atoms with E-state index in [1.54, 1.807) is 13.8 Å². The number of aryl methyl sites for hydroxylation is 1. The van der Waals surface area contributed by atoms with Crippen molar-refractivity contribution in [1.82, 2.24) is 20.4 Å². The Bertz CT molecular complexity index is 608. The quantitative estimate of drug-likeness (QED) is 0.917. The molecule has 0 unspecified atom stereocenters. The van der Waals surface area contributed by atoms with E-state index in [1.807, 2.05) is 6.92 Å². The molecule has 2 heterocycles. The average molecular weight is 315 g/mol. The van der Waals surface area contributed by atoms with Crippen molar-refractivity contribution in [2.45, 2.75) is 39.2 Å². The van der Waals surface area contributed by atoms with Gasteiger partial charge in [0.2, 0.25) is 5.89 Å². The highest BCUT2D eigenvalue weighted by molar-refractivity contribution is 7.12. The Kier molecular flexibility index (Phi) is 4.39. The predicted molar refractivity (Wildman–Crippen MR) is 75.9 cm³/mol. The van der Waals surface area contributed by atoms with Gasteiger partial charge in [-0.2, -0.15) is 4.98 Å². The third-order valence-corrected chi connectivity index (χ3v) is 3.87. The Morgan fingerprint density at radius 3 is 2.90 bits per heavy atom. The Morgan fingerprint density at radius 1 is 1.55 bits per heavy atom. The van der Waals surface area contributed by atoms with E-state index in [0.29, 0.717) is 16.6 Å². The standard InChI is InChI=1S/C12H15ClN4O2S/c1-4-5-7-15-11(17-19-7)12(2,3)16-10(18)8-9(13)14-6-20-8/h6H,4-5H2,1-3H3,(H,16,18). The summed E-state index contributed by atoms with van der Waals surface area (Å²) < 4.78 is 5.14. The summed E-state index contributed by atoms with van der Waals surface area (Å²) in [5.41, 5.74) is 0.776. The number of carbonyl (C=O) groups excluding carboxylic acids is 1. The van der Waals surface area contributed by atoms with E-state index < -0.39 is 5.54 Å². The molecule has 2 aromatic rings. The Morgan fingerprint density at radius 2 is 2.30 bits per heavy atom. The molecule has 0 aromatic carbocycles. The van der Waals surface area contributed by atoms with Crippen molar-refractivity contribution >= 4 is 28.8 Å². The Hall–Kier alpha value is -1.47. The van der Waals surface area contributed by atoms with Crippen LogP contribution >= 0.6 is 22.9 Å². The van der Waals surface area contributed by atoms with Gasteiger partial charge < -0.3 is 9.84 Å². The third-order valence-electron chi connectivity index (χ3n) is 2.65. The van der Waals surface area contributed by atoms with Crippen molar-refractivity contribution in [1.29, 1.82) is 0 Å². The molecule has 0 spiro atoms. The van der Waals surface area contributed by atoms with Gasteiger partial charge in [0.05, 0.1) is 11.0 Å². The second-order valence-electron chi connectivity index (χ2n) is 4.81. The lowest BCUT2D eigenvalue weighted by molar-refractivity contribution is 0.0911. The molecule has 8 heteroatoms. The maximum absolute atomic E-state index is 12.1. The molecule has 0 saturated heterocycles. The minimum absolute atomic E-state index is 0.197. The van der Waals surface area contributed by atoms with E-state index in [-0.39, 0.29) is 11.1 Å². The molecule has 1 amide bonds.